The van der Waals surface area contributed by atoms with Crippen molar-refractivity contribution in [1.29, 1.82) is 0 Å². The summed E-state index contributed by atoms with van der Waals surface area (Å²) in [4.78, 5) is 0. The van der Waals surface area contributed by atoms with Gasteiger partial charge in [0.1, 0.15) is 0 Å². The SMILES string of the molecule is CC1(C)c2ccccc2-c2ccc(C(c3cccc4c3-c3cc5ccccc5c(-c5cccc6c5Cc5ccccc5-6)c3C4)c3cccc4ccccc34)cc21. The summed E-state index contributed by atoms with van der Waals surface area (Å²) in [6.07, 6.45) is 1.89. The zero-order valence-electron chi connectivity index (χ0n) is 31.7. The average Bonchev–Trinajstić information content (AvgIpc) is 3.88. The van der Waals surface area contributed by atoms with E-state index >= 15 is 0 Å². The topological polar surface area (TPSA) is 0 Å². The maximum atomic E-state index is 2.55. The third-order valence-electron chi connectivity index (χ3n) is 13.5. The van der Waals surface area contributed by atoms with E-state index in [2.05, 4.69) is 190 Å². The van der Waals surface area contributed by atoms with E-state index in [1.54, 1.807) is 0 Å². The zero-order valence-corrected chi connectivity index (χ0v) is 31.7. The van der Waals surface area contributed by atoms with Crippen LogP contribution < -0.4 is 0 Å². The van der Waals surface area contributed by atoms with Gasteiger partial charge >= 0.3 is 0 Å². The Morgan fingerprint density at radius 3 is 1.93 bits per heavy atom. The minimum Gasteiger partial charge on any atom is -0.0619 e. The first-order valence-electron chi connectivity index (χ1n) is 20.1. The Morgan fingerprint density at radius 1 is 0.393 bits per heavy atom. The van der Waals surface area contributed by atoms with Gasteiger partial charge in [-0.1, -0.05) is 184 Å². The molecular weight excluding hydrogens is 673 g/mol. The van der Waals surface area contributed by atoms with Gasteiger partial charge in [-0.05, 0) is 135 Å². The molecule has 3 aliphatic rings. The summed E-state index contributed by atoms with van der Waals surface area (Å²) in [7, 11) is 0. The molecule has 1 unspecified atom stereocenters. The summed E-state index contributed by atoms with van der Waals surface area (Å²) in [6.45, 7) is 4.80. The number of rotatable bonds is 4. The smallest absolute Gasteiger partial charge is 0.0352 e. The Morgan fingerprint density at radius 2 is 1.02 bits per heavy atom. The van der Waals surface area contributed by atoms with Gasteiger partial charge in [0, 0.05) is 11.3 Å². The van der Waals surface area contributed by atoms with Crippen LogP contribution in [-0.4, -0.2) is 0 Å². The molecule has 0 nitrogen and oxygen atoms in total. The largest absolute Gasteiger partial charge is 0.0619 e. The van der Waals surface area contributed by atoms with E-state index in [0.29, 0.717) is 0 Å². The van der Waals surface area contributed by atoms with E-state index in [-0.39, 0.29) is 11.3 Å². The Bertz CT molecular complexity index is 3110. The molecule has 9 aromatic rings. The maximum Gasteiger partial charge on any atom is 0.0352 e. The molecule has 0 heteroatoms. The monoisotopic (exact) mass is 712 g/mol. The van der Waals surface area contributed by atoms with Gasteiger partial charge in [-0.3, -0.25) is 0 Å². The number of hydrogen-bond donors (Lipinski definition) is 0. The summed E-state index contributed by atoms with van der Waals surface area (Å²) in [5.41, 5.74) is 23.7. The molecule has 0 N–H and O–H groups in total. The minimum atomic E-state index is -0.0834. The van der Waals surface area contributed by atoms with Crippen LogP contribution in [0.2, 0.25) is 0 Å². The molecule has 3 aliphatic carbocycles. The van der Waals surface area contributed by atoms with Gasteiger partial charge in [0.05, 0.1) is 0 Å². The van der Waals surface area contributed by atoms with E-state index in [9.17, 15) is 0 Å². The van der Waals surface area contributed by atoms with Crippen molar-refractivity contribution in [1.82, 2.24) is 0 Å². The van der Waals surface area contributed by atoms with Crippen LogP contribution in [0.15, 0.2) is 176 Å². The fraction of sp³-hybridized carbons (Fsp3) is 0.107. The highest BCUT2D eigenvalue weighted by Crippen LogP contribution is 2.54. The Hall–Kier alpha value is -6.50. The first-order chi connectivity index (χ1) is 27.5. The van der Waals surface area contributed by atoms with Crippen LogP contribution in [0, 0.1) is 0 Å². The lowest BCUT2D eigenvalue weighted by Crippen LogP contribution is -2.16. The average molecular weight is 713 g/mol. The van der Waals surface area contributed by atoms with Crippen molar-refractivity contribution >= 4 is 21.5 Å². The van der Waals surface area contributed by atoms with Crippen molar-refractivity contribution in [3.63, 3.8) is 0 Å². The third kappa shape index (κ3) is 4.42. The molecule has 0 radical (unpaired) electrons. The normalized spacial score (nSPS) is 14.5. The Labute approximate surface area is 328 Å². The first kappa shape index (κ1) is 31.8. The van der Waals surface area contributed by atoms with Crippen LogP contribution in [0.5, 0.6) is 0 Å². The molecule has 0 heterocycles. The predicted octanol–water partition coefficient (Wildman–Crippen LogP) is 14.3. The molecule has 9 aromatic carbocycles. The lowest BCUT2D eigenvalue weighted by molar-refractivity contribution is 0.659. The first-order valence-corrected chi connectivity index (χ1v) is 20.1. The second-order valence-corrected chi connectivity index (χ2v) is 16.7. The molecule has 0 amide bonds. The van der Waals surface area contributed by atoms with Gasteiger partial charge in [0.2, 0.25) is 0 Å². The fourth-order valence-corrected chi connectivity index (χ4v) is 11.0. The Kier molecular flexibility index (Phi) is 6.68. The van der Waals surface area contributed by atoms with Crippen LogP contribution in [0.3, 0.4) is 0 Å². The second-order valence-electron chi connectivity index (χ2n) is 16.7. The van der Waals surface area contributed by atoms with Gasteiger partial charge in [-0.2, -0.15) is 0 Å². The highest BCUT2D eigenvalue weighted by molar-refractivity contribution is 6.06. The molecule has 0 saturated carbocycles. The fourth-order valence-electron chi connectivity index (χ4n) is 11.0. The second kappa shape index (κ2) is 11.8. The molecule has 12 rings (SSSR count). The number of hydrogen-bond acceptors (Lipinski definition) is 0. The van der Waals surface area contributed by atoms with Crippen molar-refractivity contribution in [2.75, 3.05) is 0 Å². The van der Waals surface area contributed by atoms with Crippen LogP contribution in [0.4, 0.5) is 0 Å². The summed E-state index contributed by atoms with van der Waals surface area (Å²) < 4.78 is 0. The van der Waals surface area contributed by atoms with Gasteiger partial charge < -0.3 is 0 Å². The molecule has 0 aliphatic heterocycles. The molecular formula is C56H40. The van der Waals surface area contributed by atoms with Gasteiger partial charge in [0.25, 0.3) is 0 Å². The lowest BCUT2D eigenvalue weighted by atomic mass is 9.76. The summed E-state index contributed by atoms with van der Waals surface area (Å²) >= 11 is 0. The van der Waals surface area contributed by atoms with Crippen LogP contribution >= 0.6 is 0 Å². The molecule has 0 saturated heterocycles. The standard InChI is InChI=1S/C56H40/c1-56(2)51-27-10-9-22-43(51)44-29-28-38(33-52(44)56)53(45-24-11-17-34-14-3-6-19-39(34)45)47-26-12-18-37-32-50-49(54(37)47)31-36-16-5-8-21-41(36)55(50)46-25-13-23-42-40-20-7-4-15-35(40)30-48(42)46/h3-29,31,33,53H,30,32H2,1-2H3. The molecule has 0 aromatic heterocycles. The van der Waals surface area contributed by atoms with Crippen molar-refractivity contribution < 1.29 is 0 Å². The van der Waals surface area contributed by atoms with Gasteiger partial charge in [-0.15, -0.1) is 0 Å². The molecule has 1 atom stereocenters. The van der Waals surface area contributed by atoms with Crippen LogP contribution in [0.25, 0.3) is 66.1 Å². The molecule has 0 bridgehead atoms. The van der Waals surface area contributed by atoms with Gasteiger partial charge in [0.15, 0.2) is 0 Å². The van der Waals surface area contributed by atoms with Crippen LogP contribution in [0.1, 0.15) is 69.8 Å². The van der Waals surface area contributed by atoms with Crippen molar-refractivity contribution in [2.24, 2.45) is 0 Å². The molecule has 264 valence electrons. The highest BCUT2D eigenvalue weighted by Gasteiger charge is 2.37. The maximum absolute atomic E-state index is 2.55. The van der Waals surface area contributed by atoms with E-state index in [1.165, 1.54) is 116 Å². The quantitative estimate of drug-likeness (QED) is 0.159. The summed E-state index contributed by atoms with van der Waals surface area (Å²) in [6, 6.07) is 66.9. The van der Waals surface area contributed by atoms with Crippen molar-refractivity contribution in [2.45, 2.75) is 38.0 Å². The van der Waals surface area contributed by atoms with Crippen LogP contribution in [-0.2, 0) is 18.3 Å². The Balaban J connectivity index is 1.12. The summed E-state index contributed by atoms with van der Waals surface area (Å²) in [5, 5.41) is 5.24. The molecule has 56 heavy (non-hydrogen) atoms. The van der Waals surface area contributed by atoms with E-state index in [4.69, 9.17) is 0 Å². The van der Waals surface area contributed by atoms with E-state index < -0.39 is 0 Å². The predicted molar refractivity (Wildman–Crippen MR) is 235 cm³/mol. The van der Waals surface area contributed by atoms with Crippen molar-refractivity contribution in [3.8, 4) is 44.5 Å². The third-order valence-corrected chi connectivity index (χ3v) is 13.5. The highest BCUT2D eigenvalue weighted by atomic mass is 14.4. The minimum absolute atomic E-state index is 0.0391. The zero-order chi connectivity index (χ0) is 37.1. The molecule has 0 spiro atoms. The summed E-state index contributed by atoms with van der Waals surface area (Å²) in [5.74, 6) is 0.0391. The lowest BCUT2D eigenvalue weighted by Gasteiger charge is -2.27. The van der Waals surface area contributed by atoms with Gasteiger partial charge in [-0.25, -0.2) is 0 Å². The number of fused-ring (bicyclic) bond motifs is 11. The number of benzene rings is 9. The van der Waals surface area contributed by atoms with E-state index in [0.717, 1.165) is 12.8 Å². The van der Waals surface area contributed by atoms with E-state index in [1.807, 2.05) is 0 Å². The molecule has 0 fully saturated rings. The van der Waals surface area contributed by atoms with Crippen molar-refractivity contribution in [3.05, 3.63) is 226 Å².